The highest BCUT2D eigenvalue weighted by molar-refractivity contribution is 7.98. The Kier molecular flexibility index (Phi) is 6.31. The van der Waals surface area contributed by atoms with Crippen LogP contribution in [0.5, 0.6) is 0 Å². The number of primary sulfonamides is 1. The molecular weight excluding hydrogens is 444 g/mol. The Morgan fingerprint density at radius 1 is 1.06 bits per heavy atom. The van der Waals surface area contributed by atoms with Gasteiger partial charge in [-0.05, 0) is 47.9 Å². The molecule has 1 aromatic heterocycles. The summed E-state index contributed by atoms with van der Waals surface area (Å²) in [4.78, 5) is 20.8. The second kappa shape index (κ2) is 9.15. The van der Waals surface area contributed by atoms with E-state index >= 15 is 0 Å². The topological polar surface area (TPSA) is 118 Å². The summed E-state index contributed by atoms with van der Waals surface area (Å²) >= 11 is 1.51. The van der Waals surface area contributed by atoms with E-state index < -0.39 is 10.0 Å². The Morgan fingerprint density at radius 2 is 1.81 bits per heavy atom. The van der Waals surface area contributed by atoms with Crippen LogP contribution in [0.4, 0.5) is 5.69 Å². The molecule has 0 radical (unpaired) electrons. The molecule has 9 heteroatoms. The lowest BCUT2D eigenvalue weighted by atomic mass is 10.1. The fraction of sp³-hybridized carbons (Fsp3) is 0.130. The van der Waals surface area contributed by atoms with Crippen molar-refractivity contribution in [1.29, 1.82) is 0 Å². The molecule has 0 bridgehead atoms. The minimum atomic E-state index is -3.89. The molecule has 4 aromatic rings. The van der Waals surface area contributed by atoms with Crippen molar-refractivity contribution >= 4 is 44.4 Å². The van der Waals surface area contributed by atoms with Crippen molar-refractivity contribution in [3.8, 4) is 0 Å². The highest BCUT2D eigenvalue weighted by Crippen LogP contribution is 2.26. The van der Waals surface area contributed by atoms with E-state index in [4.69, 9.17) is 5.14 Å². The van der Waals surface area contributed by atoms with Gasteiger partial charge >= 0.3 is 0 Å². The molecule has 0 atom stereocenters. The Labute approximate surface area is 190 Å². The number of fused-ring (bicyclic) bond motifs is 1. The van der Waals surface area contributed by atoms with E-state index in [9.17, 15) is 13.2 Å². The first-order valence-corrected chi connectivity index (χ1v) is 12.5. The standard InChI is InChI=1S/C23H22N4O3S2/c1-2-15-11-12-17(13-21(15)32(24,29)30)25-22(28)18-8-4-3-7-16(18)14-31-23-26-19-9-5-6-10-20(19)27-23/h3-13H,2,14H2,1H3,(H,25,28)(H,26,27)(H2,24,29,30). The number of imidazole rings is 1. The van der Waals surface area contributed by atoms with Gasteiger partial charge in [0.15, 0.2) is 5.16 Å². The minimum Gasteiger partial charge on any atom is -0.333 e. The number of aromatic nitrogens is 2. The Morgan fingerprint density at radius 3 is 2.56 bits per heavy atom. The zero-order valence-electron chi connectivity index (χ0n) is 17.3. The van der Waals surface area contributed by atoms with Crippen LogP contribution in [-0.4, -0.2) is 24.3 Å². The van der Waals surface area contributed by atoms with E-state index in [2.05, 4.69) is 15.3 Å². The number of carbonyl (C=O) groups is 1. The predicted octanol–water partition coefficient (Wildman–Crippen LogP) is 4.32. The van der Waals surface area contributed by atoms with Gasteiger partial charge in [0.25, 0.3) is 5.91 Å². The lowest BCUT2D eigenvalue weighted by molar-refractivity contribution is 0.102. The number of amides is 1. The van der Waals surface area contributed by atoms with Gasteiger partial charge in [-0.15, -0.1) is 0 Å². The highest BCUT2D eigenvalue weighted by atomic mass is 32.2. The molecule has 0 unspecified atom stereocenters. The number of nitrogens with one attached hydrogen (secondary N) is 2. The van der Waals surface area contributed by atoms with E-state index in [1.165, 1.54) is 17.8 Å². The van der Waals surface area contributed by atoms with E-state index in [1.54, 1.807) is 24.3 Å². The normalized spacial score (nSPS) is 11.6. The molecule has 0 aliphatic heterocycles. The van der Waals surface area contributed by atoms with Crippen LogP contribution in [0.25, 0.3) is 11.0 Å². The molecule has 7 nitrogen and oxygen atoms in total. The number of benzene rings is 3. The van der Waals surface area contributed by atoms with Crippen molar-refractivity contribution in [3.63, 3.8) is 0 Å². The number of H-pyrrole nitrogens is 1. The first-order chi connectivity index (χ1) is 15.3. The number of aryl methyl sites for hydroxylation is 1. The summed E-state index contributed by atoms with van der Waals surface area (Å²) in [6.45, 7) is 1.85. The Hall–Kier alpha value is -3.14. The van der Waals surface area contributed by atoms with Gasteiger partial charge in [-0.1, -0.05) is 55.1 Å². The molecule has 0 aliphatic carbocycles. The summed E-state index contributed by atoms with van der Waals surface area (Å²) in [5.74, 6) is 0.219. The molecule has 0 aliphatic rings. The maximum absolute atomic E-state index is 13.0. The van der Waals surface area contributed by atoms with Crippen molar-refractivity contribution in [2.24, 2.45) is 5.14 Å². The van der Waals surface area contributed by atoms with Gasteiger partial charge in [0.05, 0.1) is 15.9 Å². The molecule has 0 saturated carbocycles. The van der Waals surface area contributed by atoms with E-state index in [1.807, 2.05) is 43.3 Å². The van der Waals surface area contributed by atoms with Gasteiger partial charge in [0.1, 0.15) is 0 Å². The van der Waals surface area contributed by atoms with Crippen LogP contribution in [0, 0.1) is 0 Å². The van der Waals surface area contributed by atoms with Crippen LogP contribution in [0.3, 0.4) is 0 Å². The smallest absolute Gasteiger partial charge is 0.255 e. The van der Waals surface area contributed by atoms with E-state index in [0.717, 1.165) is 21.8 Å². The lowest BCUT2D eigenvalue weighted by Gasteiger charge is -2.12. The number of nitrogens with zero attached hydrogens (tertiary/aromatic N) is 1. The Bertz CT molecular complexity index is 1360. The average molecular weight is 467 g/mol. The number of carbonyl (C=O) groups excluding carboxylic acids is 1. The van der Waals surface area contributed by atoms with Gasteiger partial charge < -0.3 is 10.3 Å². The third kappa shape index (κ3) is 4.85. The SMILES string of the molecule is CCc1ccc(NC(=O)c2ccccc2CSc2nc3ccccc3[nH]2)cc1S(N)(=O)=O. The van der Waals surface area contributed by atoms with Crippen LogP contribution in [-0.2, 0) is 22.2 Å². The molecule has 0 spiro atoms. The number of anilines is 1. The van der Waals surface area contributed by atoms with Crippen LogP contribution in [0.15, 0.2) is 76.8 Å². The van der Waals surface area contributed by atoms with Gasteiger partial charge in [-0.3, -0.25) is 4.79 Å². The Balaban J connectivity index is 1.54. The number of hydrogen-bond donors (Lipinski definition) is 3. The van der Waals surface area contributed by atoms with Crippen LogP contribution in [0.2, 0.25) is 0 Å². The predicted molar refractivity (Wildman–Crippen MR) is 127 cm³/mol. The second-order valence-corrected chi connectivity index (χ2v) is 9.67. The number of hydrogen-bond acceptors (Lipinski definition) is 5. The first-order valence-electron chi connectivity index (χ1n) is 9.97. The average Bonchev–Trinajstić information content (AvgIpc) is 3.20. The van der Waals surface area contributed by atoms with Crippen LogP contribution < -0.4 is 10.5 Å². The summed E-state index contributed by atoms with van der Waals surface area (Å²) in [5.41, 5.74) is 4.17. The van der Waals surface area contributed by atoms with Crippen molar-refractivity contribution in [2.45, 2.75) is 29.1 Å². The van der Waals surface area contributed by atoms with Gasteiger partial charge in [0.2, 0.25) is 10.0 Å². The van der Waals surface area contributed by atoms with E-state index in [0.29, 0.717) is 29.0 Å². The number of thioether (sulfide) groups is 1. The first kappa shape index (κ1) is 22.1. The van der Waals surface area contributed by atoms with Crippen LogP contribution in [0.1, 0.15) is 28.4 Å². The zero-order valence-corrected chi connectivity index (χ0v) is 19.0. The maximum Gasteiger partial charge on any atom is 0.255 e. The molecule has 1 heterocycles. The summed E-state index contributed by atoms with van der Waals surface area (Å²) in [7, 11) is -3.89. The fourth-order valence-electron chi connectivity index (χ4n) is 3.40. The number of para-hydroxylation sites is 2. The monoisotopic (exact) mass is 466 g/mol. The summed E-state index contributed by atoms with van der Waals surface area (Å²) in [5, 5.41) is 8.90. The number of rotatable bonds is 7. The van der Waals surface area contributed by atoms with Crippen molar-refractivity contribution in [3.05, 3.63) is 83.4 Å². The maximum atomic E-state index is 13.0. The molecule has 4 N–H and O–H groups in total. The minimum absolute atomic E-state index is 0.0199. The molecule has 1 amide bonds. The molecule has 0 fully saturated rings. The zero-order chi connectivity index (χ0) is 22.7. The van der Waals surface area contributed by atoms with Crippen LogP contribution >= 0.6 is 11.8 Å². The molecule has 164 valence electrons. The van der Waals surface area contributed by atoms with Crippen molar-refractivity contribution in [2.75, 3.05) is 5.32 Å². The summed E-state index contributed by atoms with van der Waals surface area (Å²) < 4.78 is 23.8. The third-order valence-corrected chi connectivity index (χ3v) is 6.92. The largest absolute Gasteiger partial charge is 0.333 e. The molecular formula is C23H22N4O3S2. The van der Waals surface area contributed by atoms with E-state index in [-0.39, 0.29) is 10.8 Å². The third-order valence-electron chi connectivity index (χ3n) is 5.01. The molecule has 4 rings (SSSR count). The molecule has 3 aromatic carbocycles. The number of sulfonamides is 1. The second-order valence-electron chi connectivity index (χ2n) is 7.18. The highest BCUT2D eigenvalue weighted by Gasteiger charge is 2.16. The summed E-state index contributed by atoms with van der Waals surface area (Å²) in [6.07, 6.45) is 0.516. The number of aromatic amines is 1. The number of nitrogens with two attached hydrogens (primary N) is 1. The summed E-state index contributed by atoms with van der Waals surface area (Å²) in [6, 6.07) is 19.8. The van der Waals surface area contributed by atoms with Gasteiger partial charge in [-0.25, -0.2) is 18.5 Å². The molecule has 0 saturated heterocycles. The lowest BCUT2D eigenvalue weighted by Crippen LogP contribution is -2.17. The molecule has 32 heavy (non-hydrogen) atoms. The quantitative estimate of drug-likeness (QED) is 0.351. The van der Waals surface area contributed by atoms with Gasteiger partial charge in [-0.2, -0.15) is 0 Å². The fourth-order valence-corrected chi connectivity index (χ4v) is 5.16. The van der Waals surface area contributed by atoms with Crippen molar-refractivity contribution < 1.29 is 13.2 Å². The van der Waals surface area contributed by atoms with Crippen molar-refractivity contribution in [1.82, 2.24) is 9.97 Å². The van der Waals surface area contributed by atoms with Gasteiger partial charge in [0, 0.05) is 17.0 Å².